The van der Waals surface area contributed by atoms with Crippen molar-refractivity contribution in [1.82, 2.24) is 14.5 Å². The molecule has 4 aromatic rings. The predicted molar refractivity (Wildman–Crippen MR) is 130 cm³/mol. The van der Waals surface area contributed by atoms with Gasteiger partial charge in [-0.25, -0.2) is 18.7 Å². The molecule has 0 unspecified atom stereocenters. The van der Waals surface area contributed by atoms with Crippen molar-refractivity contribution in [2.45, 2.75) is 13.0 Å². The monoisotopic (exact) mass is 500 g/mol. The highest BCUT2D eigenvalue weighted by atomic mass is 19.3. The number of halogens is 4. The summed E-state index contributed by atoms with van der Waals surface area (Å²) in [5.41, 5.74) is 7.69. The summed E-state index contributed by atoms with van der Waals surface area (Å²) < 4.78 is 56.3. The zero-order valence-corrected chi connectivity index (χ0v) is 18.8. The van der Waals surface area contributed by atoms with Crippen LogP contribution in [-0.2, 0) is 0 Å². The predicted octanol–water partition coefficient (Wildman–Crippen LogP) is 4.36. The molecule has 0 atom stereocenters. The number of nitrogen functional groups attached to an aromatic ring is 1. The lowest BCUT2D eigenvalue weighted by Gasteiger charge is -2.14. The molecule has 0 spiro atoms. The quantitative estimate of drug-likeness (QED) is 0.212. The normalized spacial score (nSPS) is 11.6. The van der Waals surface area contributed by atoms with E-state index in [1.54, 1.807) is 31.5 Å². The van der Waals surface area contributed by atoms with Gasteiger partial charge in [0.05, 0.1) is 17.6 Å². The van der Waals surface area contributed by atoms with Crippen LogP contribution in [0.15, 0.2) is 64.6 Å². The minimum Gasteiger partial charge on any atom is -0.435 e. The number of aliphatic imine (C=N–C) groups is 1. The van der Waals surface area contributed by atoms with Gasteiger partial charge in [0.1, 0.15) is 5.75 Å². The largest absolute Gasteiger partial charge is 0.435 e. The first-order chi connectivity index (χ1) is 17.3. The van der Waals surface area contributed by atoms with Gasteiger partial charge in [-0.3, -0.25) is 14.4 Å². The van der Waals surface area contributed by atoms with Crippen LogP contribution in [0.5, 0.6) is 5.75 Å². The maximum atomic E-state index is 13.7. The average molecular weight is 500 g/mol. The molecule has 0 aliphatic rings. The number of pyridine rings is 1. The summed E-state index contributed by atoms with van der Waals surface area (Å²) >= 11 is 0. The second-order valence-electron chi connectivity index (χ2n) is 7.55. The molecule has 36 heavy (non-hydrogen) atoms. The van der Waals surface area contributed by atoms with Crippen molar-refractivity contribution >= 4 is 28.8 Å². The highest BCUT2D eigenvalue weighted by Gasteiger charge is 2.17. The Kier molecular flexibility index (Phi) is 7.13. The van der Waals surface area contributed by atoms with Gasteiger partial charge >= 0.3 is 6.61 Å². The fourth-order valence-electron chi connectivity index (χ4n) is 3.58. The van der Waals surface area contributed by atoms with Crippen LogP contribution in [0.25, 0.3) is 27.7 Å². The van der Waals surface area contributed by atoms with Crippen molar-refractivity contribution < 1.29 is 22.3 Å². The number of benzene rings is 2. The number of alkyl halides is 4. The number of fused-ring (bicyclic) bond motifs is 1. The van der Waals surface area contributed by atoms with Gasteiger partial charge in [0.25, 0.3) is 12.0 Å². The smallest absolute Gasteiger partial charge is 0.387 e. The summed E-state index contributed by atoms with van der Waals surface area (Å²) in [6.45, 7) is -3.68. The van der Waals surface area contributed by atoms with Crippen molar-refractivity contribution in [3.05, 3.63) is 70.8 Å². The highest BCUT2D eigenvalue weighted by Crippen LogP contribution is 2.28. The van der Waals surface area contributed by atoms with E-state index in [1.165, 1.54) is 41.2 Å². The van der Waals surface area contributed by atoms with Crippen LogP contribution in [0, 0.1) is 0 Å². The summed E-state index contributed by atoms with van der Waals surface area (Å²) in [4.78, 5) is 26.1. The fourth-order valence-corrected chi connectivity index (χ4v) is 3.58. The molecule has 2 heterocycles. The van der Waals surface area contributed by atoms with Gasteiger partial charge in [-0.2, -0.15) is 8.78 Å². The molecule has 2 aromatic carbocycles. The summed E-state index contributed by atoms with van der Waals surface area (Å²) in [5, 5.41) is 2.86. The summed E-state index contributed by atoms with van der Waals surface area (Å²) in [6.07, 6.45) is 1.84. The third-order valence-electron chi connectivity index (χ3n) is 5.15. The molecule has 0 saturated heterocycles. The fraction of sp³-hybridized carbons (Fsp3) is 0.167. The van der Waals surface area contributed by atoms with Crippen LogP contribution < -0.4 is 21.3 Å². The first-order valence-corrected chi connectivity index (χ1v) is 10.6. The van der Waals surface area contributed by atoms with Gasteiger partial charge in [-0.05, 0) is 35.9 Å². The zero-order valence-electron chi connectivity index (χ0n) is 18.8. The number of nitrogens with two attached hydrogens (primary N) is 1. The second kappa shape index (κ2) is 10.4. The standard InChI is InChI=1S/C24H20F4N6O2/c1-30-9-14-8-16(4-7-18(14)29)34-12-15-10-31-24(32-11-19(25)26)33-21(15)20(22(34)35)13-2-5-17(6-3-13)36-23(27)28/h2-10,12,19,23H,11,29H2,1H3,(H,32,33). The lowest BCUT2D eigenvalue weighted by molar-refractivity contribution is -0.0498. The number of ether oxygens (including phenoxy) is 1. The van der Waals surface area contributed by atoms with Crippen LogP contribution in [0.3, 0.4) is 0 Å². The van der Waals surface area contributed by atoms with E-state index in [4.69, 9.17) is 5.73 Å². The van der Waals surface area contributed by atoms with E-state index in [0.29, 0.717) is 27.9 Å². The summed E-state index contributed by atoms with van der Waals surface area (Å²) in [5.74, 6) is -0.182. The minimum absolute atomic E-state index is 0.0900. The van der Waals surface area contributed by atoms with Crippen LogP contribution in [0.1, 0.15) is 5.56 Å². The molecule has 3 N–H and O–H groups in total. The molecule has 2 aromatic heterocycles. The molecule has 0 radical (unpaired) electrons. The van der Waals surface area contributed by atoms with Gasteiger partial charge in [0.15, 0.2) is 0 Å². The molecule has 0 saturated carbocycles. The van der Waals surface area contributed by atoms with Gasteiger partial charge in [-0.1, -0.05) is 12.1 Å². The number of hydrogen-bond donors (Lipinski definition) is 2. The maximum Gasteiger partial charge on any atom is 0.387 e. The minimum atomic E-state index is -3.01. The molecular weight excluding hydrogens is 480 g/mol. The van der Waals surface area contributed by atoms with Crippen molar-refractivity contribution in [2.75, 3.05) is 24.6 Å². The van der Waals surface area contributed by atoms with Crippen LogP contribution >= 0.6 is 0 Å². The Morgan fingerprint density at radius 1 is 1.17 bits per heavy atom. The molecular formula is C24H20F4N6O2. The van der Waals surface area contributed by atoms with Crippen molar-refractivity contribution in [1.29, 1.82) is 0 Å². The molecule has 186 valence electrons. The topological polar surface area (TPSA) is 107 Å². The van der Waals surface area contributed by atoms with E-state index in [-0.39, 0.29) is 22.8 Å². The lowest BCUT2D eigenvalue weighted by Crippen LogP contribution is -2.21. The Labute approximate surface area is 202 Å². The van der Waals surface area contributed by atoms with Crippen LogP contribution in [0.4, 0.5) is 29.2 Å². The SMILES string of the molecule is CN=Cc1cc(-n2cc3cnc(NCC(F)F)nc3c(-c3ccc(OC(F)F)cc3)c2=O)ccc1N. The number of aromatic nitrogens is 3. The highest BCUT2D eigenvalue weighted by molar-refractivity contribution is 5.93. The van der Waals surface area contributed by atoms with E-state index in [0.717, 1.165) is 0 Å². The van der Waals surface area contributed by atoms with E-state index in [9.17, 15) is 22.4 Å². The molecule has 12 heteroatoms. The molecule has 4 rings (SSSR count). The average Bonchev–Trinajstić information content (AvgIpc) is 2.84. The third kappa shape index (κ3) is 5.27. The lowest BCUT2D eigenvalue weighted by atomic mass is 10.0. The van der Waals surface area contributed by atoms with E-state index in [1.807, 2.05) is 0 Å². The molecule has 0 fully saturated rings. The number of rotatable bonds is 8. The Hall–Kier alpha value is -4.48. The number of anilines is 2. The van der Waals surface area contributed by atoms with Crippen LogP contribution in [0.2, 0.25) is 0 Å². The first kappa shape index (κ1) is 24.6. The van der Waals surface area contributed by atoms with Crippen molar-refractivity contribution in [3.63, 3.8) is 0 Å². The van der Waals surface area contributed by atoms with Gasteiger partial charge in [0, 0.05) is 48.0 Å². The Morgan fingerprint density at radius 2 is 1.92 bits per heavy atom. The van der Waals surface area contributed by atoms with Gasteiger partial charge < -0.3 is 15.8 Å². The van der Waals surface area contributed by atoms with Crippen molar-refractivity contribution in [3.8, 4) is 22.6 Å². The number of nitrogens with one attached hydrogen (secondary N) is 1. The second-order valence-corrected chi connectivity index (χ2v) is 7.55. The molecule has 0 aliphatic heterocycles. The molecule has 0 amide bonds. The zero-order chi connectivity index (χ0) is 25.8. The number of hydrogen-bond acceptors (Lipinski definition) is 7. The Morgan fingerprint density at radius 3 is 2.58 bits per heavy atom. The van der Waals surface area contributed by atoms with E-state index < -0.39 is 25.1 Å². The van der Waals surface area contributed by atoms with E-state index in [2.05, 4.69) is 25.0 Å². The Bertz CT molecular complexity index is 1470. The summed E-state index contributed by atoms with van der Waals surface area (Å²) in [6, 6.07) is 10.4. The van der Waals surface area contributed by atoms with E-state index >= 15 is 0 Å². The van der Waals surface area contributed by atoms with Gasteiger partial charge in [-0.15, -0.1) is 0 Å². The number of nitrogens with zero attached hydrogens (tertiary/aromatic N) is 4. The summed E-state index contributed by atoms with van der Waals surface area (Å²) in [7, 11) is 1.59. The van der Waals surface area contributed by atoms with Crippen molar-refractivity contribution in [2.24, 2.45) is 4.99 Å². The third-order valence-corrected chi connectivity index (χ3v) is 5.15. The molecule has 0 bridgehead atoms. The van der Waals surface area contributed by atoms with Gasteiger partial charge in [0.2, 0.25) is 5.95 Å². The first-order valence-electron chi connectivity index (χ1n) is 10.6. The Balaban J connectivity index is 1.93. The molecule has 0 aliphatic carbocycles. The maximum absolute atomic E-state index is 13.7. The molecule has 8 nitrogen and oxygen atoms in total. The van der Waals surface area contributed by atoms with Crippen LogP contribution in [-0.4, -0.2) is 47.4 Å².